The lowest BCUT2D eigenvalue weighted by molar-refractivity contribution is 0.0998. The molecule has 0 amide bonds. The molecular weight excluding hydrogens is 360 g/mol. The van der Waals surface area contributed by atoms with Crippen molar-refractivity contribution in [3.8, 4) is 11.1 Å². The highest BCUT2D eigenvalue weighted by atomic mass is 32.2. The Balaban J connectivity index is 1.58. The highest BCUT2D eigenvalue weighted by molar-refractivity contribution is 7.89. The Morgan fingerprint density at radius 3 is 2.73 bits per heavy atom. The van der Waals surface area contributed by atoms with Crippen LogP contribution in [0.25, 0.3) is 22.0 Å². The number of aryl methyl sites for hydroxylation is 1. The van der Waals surface area contributed by atoms with Crippen molar-refractivity contribution in [3.05, 3.63) is 48.2 Å². The van der Waals surface area contributed by atoms with Crippen molar-refractivity contribution in [2.75, 3.05) is 6.54 Å². The Kier molecular flexibility index (Phi) is 3.85. The first kappa shape index (κ1) is 17.1. The molecule has 8 heteroatoms. The summed E-state index contributed by atoms with van der Waals surface area (Å²) in [5.41, 5.74) is 3.51. The second-order valence-corrected chi connectivity index (χ2v) is 8.43. The van der Waals surface area contributed by atoms with Crippen LogP contribution in [0.5, 0.6) is 0 Å². The maximum absolute atomic E-state index is 12.9. The van der Waals surface area contributed by atoms with Crippen LogP contribution < -0.4 is 4.72 Å². The van der Waals surface area contributed by atoms with Gasteiger partial charge in [-0.2, -0.15) is 5.10 Å². The van der Waals surface area contributed by atoms with Crippen LogP contribution >= 0.6 is 0 Å². The van der Waals surface area contributed by atoms with E-state index in [1.54, 1.807) is 18.3 Å². The van der Waals surface area contributed by atoms with Crippen LogP contribution in [0.4, 0.5) is 8.78 Å². The van der Waals surface area contributed by atoms with Crippen LogP contribution in [0.2, 0.25) is 0 Å². The molecule has 1 heterocycles. The molecule has 1 aliphatic rings. The minimum atomic E-state index is -3.81. The molecule has 4 rings (SSSR count). The third-order valence-electron chi connectivity index (χ3n) is 4.74. The summed E-state index contributed by atoms with van der Waals surface area (Å²) in [7, 11) is -3.81. The standard InChI is InChI=1S/C18H17F2N3O2S/c1-11-6-15(26(24,25)22-10-14-8-18(14,19)20)4-5-16(11)12-2-3-13-9-21-23-17(13)7-12/h2-7,9,14,22H,8,10H2,1H3,(H,21,23). The topological polar surface area (TPSA) is 74.8 Å². The summed E-state index contributed by atoms with van der Waals surface area (Å²) in [5.74, 6) is -3.65. The molecule has 1 unspecified atom stereocenters. The van der Waals surface area contributed by atoms with Gasteiger partial charge in [-0.3, -0.25) is 5.10 Å². The first-order valence-corrected chi connectivity index (χ1v) is 9.66. The zero-order chi connectivity index (χ0) is 18.5. The number of sulfonamides is 1. The molecule has 0 spiro atoms. The van der Waals surface area contributed by atoms with Crippen molar-refractivity contribution in [1.82, 2.24) is 14.9 Å². The van der Waals surface area contributed by atoms with Gasteiger partial charge in [0.05, 0.1) is 16.6 Å². The molecule has 26 heavy (non-hydrogen) atoms. The number of H-pyrrole nitrogens is 1. The van der Waals surface area contributed by atoms with Crippen LogP contribution in [0.15, 0.2) is 47.5 Å². The van der Waals surface area contributed by atoms with Gasteiger partial charge in [-0.05, 0) is 41.8 Å². The van der Waals surface area contributed by atoms with E-state index in [2.05, 4.69) is 14.9 Å². The van der Waals surface area contributed by atoms with E-state index < -0.39 is 21.9 Å². The molecule has 2 aromatic carbocycles. The van der Waals surface area contributed by atoms with Crippen molar-refractivity contribution in [1.29, 1.82) is 0 Å². The number of hydrogen-bond donors (Lipinski definition) is 2. The smallest absolute Gasteiger partial charge is 0.252 e. The number of hydrogen-bond acceptors (Lipinski definition) is 3. The molecule has 0 radical (unpaired) electrons. The van der Waals surface area contributed by atoms with Crippen LogP contribution in [0.3, 0.4) is 0 Å². The van der Waals surface area contributed by atoms with Gasteiger partial charge in [-0.1, -0.05) is 18.2 Å². The summed E-state index contributed by atoms with van der Waals surface area (Å²) in [4.78, 5) is 0.0744. The van der Waals surface area contributed by atoms with Crippen molar-refractivity contribution in [2.45, 2.75) is 24.2 Å². The monoisotopic (exact) mass is 377 g/mol. The van der Waals surface area contributed by atoms with Gasteiger partial charge >= 0.3 is 0 Å². The van der Waals surface area contributed by atoms with Gasteiger partial charge < -0.3 is 0 Å². The number of nitrogens with zero attached hydrogens (tertiary/aromatic N) is 1. The van der Waals surface area contributed by atoms with E-state index in [-0.39, 0.29) is 17.9 Å². The average Bonchev–Trinajstić information content (AvgIpc) is 2.99. The van der Waals surface area contributed by atoms with E-state index in [9.17, 15) is 17.2 Å². The van der Waals surface area contributed by atoms with Crippen LogP contribution in [0, 0.1) is 12.8 Å². The minimum Gasteiger partial charge on any atom is -0.278 e. The van der Waals surface area contributed by atoms with Gasteiger partial charge in [0.1, 0.15) is 0 Å². The van der Waals surface area contributed by atoms with E-state index in [1.165, 1.54) is 6.07 Å². The average molecular weight is 377 g/mol. The minimum absolute atomic E-state index is 0.0744. The number of benzene rings is 2. The van der Waals surface area contributed by atoms with Crippen LogP contribution in [0.1, 0.15) is 12.0 Å². The SMILES string of the molecule is Cc1cc(S(=O)(=O)NCC2CC2(F)F)ccc1-c1ccc2cn[nH]c2c1. The number of rotatable bonds is 5. The number of halogens is 2. The first-order chi connectivity index (χ1) is 12.3. The molecule has 0 bridgehead atoms. The van der Waals surface area contributed by atoms with E-state index in [0.717, 1.165) is 27.6 Å². The van der Waals surface area contributed by atoms with Gasteiger partial charge in [0.15, 0.2) is 0 Å². The molecule has 1 fully saturated rings. The predicted octanol–water partition coefficient (Wildman–Crippen LogP) is 3.47. The Morgan fingerprint density at radius 2 is 2.04 bits per heavy atom. The second-order valence-electron chi connectivity index (χ2n) is 6.66. The molecule has 1 saturated carbocycles. The predicted molar refractivity (Wildman–Crippen MR) is 94.5 cm³/mol. The summed E-state index contributed by atoms with van der Waals surface area (Å²) in [6, 6.07) is 10.6. The molecule has 1 aromatic heterocycles. The Labute approximate surface area is 149 Å². The van der Waals surface area contributed by atoms with Crippen molar-refractivity contribution < 1.29 is 17.2 Å². The number of aromatic amines is 1. The summed E-state index contributed by atoms with van der Waals surface area (Å²) in [5, 5.41) is 7.89. The van der Waals surface area contributed by atoms with Gasteiger partial charge in [-0.25, -0.2) is 21.9 Å². The van der Waals surface area contributed by atoms with Gasteiger partial charge in [0, 0.05) is 24.3 Å². The second kappa shape index (κ2) is 5.85. The van der Waals surface area contributed by atoms with Crippen molar-refractivity contribution in [2.24, 2.45) is 5.92 Å². The molecule has 1 aliphatic carbocycles. The first-order valence-electron chi connectivity index (χ1n) is 8.18. The van der Waals surface area contributed by atoms with E-state index in [1.807, 2.05) is 25.1 Å². The lowest BCUT2D eigenvalue weighted by atomic mass is 10.00. The summed E-state index contributed by atoms with van der Waals surface area (Å²) in [6.45, 7) is 1.58. The number of aromatic nitrogens is 2. The fraction of sp³-hybridized carbons (Fsp3) is 0.278. The molecule has 0 saturated heterocycles. The lowest BCUT2D eigenvalue weighted by Gasteiger charge is -2.11. The molecule has 2 N–H and O–H groups in total. The van der Waals surface area contributed by atoms with E-state index in [0.29, 0.717) is 0 Å². The normalized spacial score (nSPS) is 19.0. The zero-order valence-electron chi connectivity index (χ0n) is 14.0. The van der Waals surface area contributed by atoms with Crippen LogP contribution in [-0.4, -0.2) is 31.1 Å². The number of nitrogens with one attached hydrogen (secondary N) is 2. The third-order valence-corrected chi connectivity index (χ3v) is 6.16. The van der Waals surface area contributed by atoms with E-state index in [4.69, 9.17) is 0 Å². The largest absolute Gasteiger partial charge is 0.278 e. The molecular formula is C18H17F2N3O2S. The summed E-state index contributed by atoms with van der Waals surface area (Å²) in [6.07, 6.45) is 1.47. The van der Waals surface area contributed by atoms with Gasteiger partial charge in [0.2, 0.25) is 10.0 Å². The molecule has 136 valence electrons. The fourth-order valence-corrected chi connectivity index (χ4v) is 4.18. The summed E-state index contributed by atoms with van der Waals surface area (Å²) < 4.78 is 52.8. The molecule has 0 aliphatic heterocycles. The maximum Gasteiger partial charge on any atom is 0.252 e. The molecule has 1 atom stereocenters. The quantitative estimate of drug-likeness (QED) is 0.715. The highest BCUT2D eigenvalue weighted by Crippen LogP contribution is 2.48. The number of alkyl halides is 2. The van der Waals surface area contributed by atoms with Crippen molar-refractivity contribution >= 4 is 20.9 Å². The maximum atomic E-state index is 12.9. The highest BCUT2D eigenvalue weighted by Gasteiger charge is 2.56. The van der Waals surface area contributed by atoms with Crippen LogP contribution in [-0.2, 0) is 10.0 Å². The van der Waals surface area contributed by atoms with Gasteiger partial charge in [-0.15, -0.1) is 0 Å². The number of fused-ring (bicyclic) bond motifs is 1. The Hall–Kier alpha value is -2.32. The zero-order valence-corrected chi connectivity index (χ0v) is 14.8. The summed E-state index contributed by atoms with van der Waals surface area (Å²) >= 11 is 0. The fourth-order valence-electron chi connectivity index (χ4n) is 3.02. The molecule has 5 nitrogen and oxygen atoms in total. The van der Waals surface area contributed by atoms with Gasteiger partial charge in [0.25, 0.3) is 5.92 Å². The molecule has 3 aromatic rings. The Morgan fingerprint density at radius 1 is 1.27 bits per heavy atom. The lowest BCUT2D eigenvalue weighted by Crippen LogP contribution is -2.27. The Bertz CT molecular complexity index is 1090. The van der Waals surface area contributed by atoms with Crippen molar-refractivity contribution in [3.63, 3.8) is 0 Å². The third kappa shape index (κ3) is 3.10. The van der Waals surface area contributed by atoms with E-state index >= 15 is 0 Å².